The number of amides is 2. The minimum Gasteiger partial charge on any atom is -0.490 e. The average molecular weight is 504 g/mol. The number of rotatable bonds is 9. The average Bonchev–Trinajstić information content (AvgIpc) is 3.01. The first-order valence-corrected chi connectivity index (χ1v) is 11.9. The van der Waals surface area contributed by atoms with Crippen LogP contribution in [-0.2, 0) is 11.4 Å². The molecule has 1 aliphatic heterocycles. The van der Waals surface area contributed by atoms with E-state index in [1.54, 1.807) is 6.08 Å². The topological polar surface area (TPSA) is 55.8 Å². The lowest BCUT2D eigenvalue weighted by molar-refractivity contribution is -0.122. The normalized spacial score (nSPS) is 15.1. The van der Waals surface area contributed by atoms with E-state index in [4.69, 9.17) is 9.47 Å². The van der Waals surface area contributed by atoms with Crippen molar-refractivity contribution in [2.45, 2.75) is 40.2 Å². The summed E-state index contributed by atoms with van der Waals surface area (Å²) in [5.74, 6) is 0.963. The molecule has 1 aliphatic rings. The summed E-state index contributed by atoms with van der Waals surface area (Å²) in [7, 11) is 0. The Hall–Kier alpha value is -2.25. The van der Waals surface area contributed by atoms with Crippen molar-refractivity contribution >= 4 is 44.9 Å². The van der Waals surface area contributed by atoms with Crippen LogP contribution in [0.3, 0.4) is 0 Å². The van der Waals surface area contributed by atoms with Gasteiger partial charge in [0.05, 0.1) is 11.5 Å². The van der Waals surface area contributed by atoms with Crippen LogP contribution in [0.25, 0.3) is 6.08 Å². The summed E-state index contributed by atoms with van der Waals surface area (Å²) in [5.41, 5.74) is 3.02. The van der Waals surface area contributed by atoms with E-state index >= 15 is 0 Å². The molecular weight excluding hydrogens is 478 g/mol. The van der Waals surface area contributed by atoms with Crippen LogP contribution in [0.1, 0.15) is 43.4 Å². The Bertz CT molecular complexity index is 988. The van der Waals surface area contributed by atoms with Crippen molar-refractivity contribution in [3.63, 3.8) is 0 Å². The summed E-state index contributed by atoms with van der Waals surface area (Å²) in [6, 6.07) is 11.8. The van der Waals surface area contributed by atoms with Gasteiger partial charge in [-0.15, -0.1) is 0 Å². The lowest BCUT2D eigenvalue weighted by Gasteiger charge is -2.14. The highest BCUT2D eigenvalue weighted by atomic mass is 79.9. The number of carbonyl (C=O) groups is 2. The van der Waals surface area contributed by atoms with Gasteiger partial charge in [-0.1, -0.05) is 59.1 Å². The number of hydrogen-bond acceptors (Lipinski definition) is 5. The lowest BCUT2D eigenvalue weighted by Crippen LogP contribution is -2.29. The molecule has 0 spiro atoms. The maximum Gasteiger partial charge on any atom is 0.293 e. The minimum absolute atomic E-state index is 0.219. The number of carbonyl (C=O) groups excluding carboxylic acids is 2. The van der Waals surface area contributed by atoms with Gasteiger partial charge in [0, 0.05) is 11.0 Å². The molecule has 1 heterocycles. The van der Waals surface area contributed by atoms with Crippen molar-refractivity contribution in [3.05, 3.63) is 62.5 Å². The van der Waals surface area contributed by atoms with Gasteiger partial charge in [0.25, 0.3) is 11.1 Å². The standard InChI is InChI=1S/C24H26BrNO4S/c1-4-6-11-26-23(27)22(31-24(26)28)13-18-12-20(29-5-2)21(14-19(18)25)30-15-17-9-7-16(3)8-10-17/h7-10,12-14H,4-6,11,15H2,1-3H3/b22-13-. The van der Waals surface area contributed by atoms with E-state index in [1.165, 1.54) is 10.5 Å². The van der Waals surface area contributed by atoms with Gasteiger partial charge in [-0.2, -0.15) is 0 Å². The van der Waals surface area contributed by atoms with E-state index in [-0.39, 0.29) is 11.1 Å². The molecule has 0 radical (unpaired) electrons. The molecule has 0 aliphatic carbocycles. The van der Waals surface area contributed by atoms with Gasteiger partial charge in [0.1, 0.15) is 6.61 Å². The van der Waals surface area contributed by atoms with Crippen LogP contribution in [-0.4, -0.2) is 29.2 Å². The SMILES string of the molecule is CCCCN1C(=O)S/C(=C\c2cc(OCC)c(OCc3ccc(C)cc3)cc2Br)C1=O. The molecule has 31 heavy (non-hydrogen) atoms. The van der Waals surface area contributed by atoms with E-state index in [0.717, 1.165) is 40.2 Å². The van der Waals surface area contributed by atoms with E-state index in [1.807, 2.05) is 45.0 Å². The predicted molar refractivity (Wildman–Crippen MR) is 128 cm³/mol. The summed E-state index contributed by atoms with van der Waals surface area (Å²) < 4.78 is 12.6. The second-order valence-electron chi connectivity index (χ2n) is 7.21. The molecule has 0 bridgehead atoms. The first-order valence-electron chi connectivity index (χ1n) is 10.3. The van der Waals surface area contributed by atoms with Crippen LogP contribution in [0.15, 0.2) is 45.8 Å². The second kappa shape index (κ2) is 10.9. The first-order chi connectivity index (χ1) is 14.9. The third kappa shape index (κ3) is 5.92. The molecule has 0 saturated carbocycles. The van der Waals surface area contributed by atoms with Gasteiger partial charge in [-0.05, 0) is 61.4 Å². The number of halogens is 1. The zero-order chi connectivity index (χ0) is 22.4. The van der Waals surface area contributed by atoms with Crippen LogP contribution in [0, 0.1) is 6.92 Å². The Morgan fingerprint density at radius 1 is 1.06 bits per heavy atom. The molecule has 2 aromatic rings. The monoisotopic (exact) mass is 503 g/mol. The number of unbranched alkanes of at least 4 members (excludes halogenated alkanes) is 1. The summed E-state index contributed by atoms with van der Waals surface area (Å²) in [6.07, 6.45) is 3.46. The number of benzene rings is 2. The van der Waals surface area contributed by atoms with Crippen molar-refractivity contribution in [1.82, 2.24) is 4.90 Å². The highest BCUT2D eigenvalue weighted by Crippen LogP contribution is 2.38. The number of thioether (sulfide) groups is 1. The molecule has 0 unspecified atom stereocenters. The van der Waals surface area contributed by atoms with E-state index in [0.29, 0.717) is 36.2 Å². The van der Waals surface area contributed by atoms with Crippen molar-refractivity contribution in [2.75, 3.05) is 13.2 Å². The van der Waals surface area contributed by atoms with Gasteiger partial charge in [0.2, 0.25) is 0 Å². The molecule has 7 heteroatoms. The molecule has 0 atom stereocenters. The van der Waals surface area contributed by atoms with E-state index in [9.17, 15) is 9.59 Å². The molecule has 3 rings (SSSR count). The van der Waals surface area contributed by atoms with Crippen LogP contribution in [0.5, 0.6) is 11.5 Å². The highest BCUT2D eigenvalue weighted by Gasteiger charge is 2.34. The molecule has 1 saturated heterocycles. The molecule has 2 amide bonds. The van der Waals surface area contributed by atoms with Gasteiger partial charge in [0.15, 0.2) is 11.5 Å². The van der Waals surface area contributed by atoms with Crippen LogP contribution < -0.4 is 9.47 Å². The largest absolute Gasteiger partial charge is 0.490 e. The predicted octanol–water partition coefficient (Wildman–Crippen LogP) is 6.57. The fraction of sp³-hybridized carbons (Fsp3) is 0.333. The van der Waals surface area contributed by atoms with Crippen LogP contribution >= 0.6 is 27.7 Å². The van der Waals surface area contributed by atoms with Crippen LogP contribution in [0.4, 0.5) is 4.79 Å². The molecule has 5 nitrogen and oxygen atoms in total. The van der Waals surface area contributed by atoms with Gasteiger partial charge in [-0.3, -0.25) is 14.5 Å². The zero-order valence-electron chi connectivity index (χ0n) is 17.9. The smallest absolute Gasteiger partial charge is 0.293 e. The number of nitrogens with zero attached hydrogens (tertiary/aromatic N) is 1. The first kappa shape index (κ1) is 23.4. The fourth-order valence-corrected chi connectivity index (χ4v) is 4.33. The zero-order valence-corrected chi connectivity index (χ0v) is 20.3. The Labute approximate surface area is 195 Å². The molecule has 2 aromatic carbocycles. The van der Waals surface area contributed by atoms with Crippen molar-refractivity contribution < 1.29 is 19.1 Å². The second-order valence-corrected chi connectivity index (χ2v) is 9.06. The Kier molecular flexibility index (Phi) is 8.21. The summed E-state index contributed by atoms with van der Waals surface area (Å²) in [4.78, 5) is 26.6. The Morgan fingerprint density at radius 3 is 2.45 bits per heavy atom. The highest BCUT2D eigenvalue weighted by molar-refractivity contribution is 9.10. The number of hydrogen-bond donors (Lipinski definition) is 0. The molecular formula is C24H26BrNO4S. The van der Waals surface area contributed by atoms with Gasteiger partial charge < -0.3 is 9.47 Å². The Balaban J connectivity index is 1.82. The Morgan fingerprint density at radius 2 is 1.77 bits per heavy atom. The van der Waals surface area contributed by atoms with E-state index in [2.05, 4.69) is 28.1 Å². The summed E-state index contributed by atoms with van der Waals surface area (Å²) >= 11 is 4.54. The fourth-order valence-electron chi connectivity index (χ4n) is 3.04. The number of imide groups is 1. The third-order valence-electron chi connectivity index (χ3n) is 4.77. The molecule has 0 N–H and O–H groups in total. The quantitative estimate of drug-likeness (QED) is 0.362. The van der Waals surface area contributed by atoms with Crippen molar-refractivity contribution in [2.24, 2.45) is 0 Å². The molecule has 164 valence electrons. The summed E-state index contributed by atoms with van der Waals surface area (Å²) in [6.45, 7) is 7.34. The number of ether oxygens (including phenoxy) is 2. The van der Waals surface area contributed by atoms with Gasteiger partial charge >= 0.3 is 0 Å². The lowest BCUT2D eigenvalue weighted by atomic mass is 10.1. The van der Waals surface area contributed by atoms with Gasteiger partial charge in [-0.25, -0.2) is 0 Å². The third-order valence-corrected chi connectivity index (χ3v) is 6.37. The molecule has 0 aromatic heterocycles. The molecule has 1 fully saturated rings. The maximum absolute atomic E-state index is 12.6. The van der Waals surface area contributed by atoms with Crippen molar-refractivity contribution in [1.29, 1.82) is 0 Å². The van der Waals surface area contributed by atoms with Crippen molar-refractivity contribution in [3.8, 4) is 11.5 Å². The number of aryl methyl sites for hydroxylation is 1. The van der Waals surface area contributed by atoms with Crippen LogP contribution in [0.2, 0.25) is 0 Å². The van der Waals surface area contributed by atoms with E-state index < -0.39 is 0 Å². The minimum atomic E-state index is -0.243. The maximum atomic E-state index is 12.6. The summed E-state index contributed by atoms with van der Waals surface area (Å²) in [5, 5.41) is -0.219.